The van der Waals surface area contributed by atoms with Gasteiger partial charge in [0.15, 0.2) is 0 Å². The fourth-order valence-corrected chi connectivity index (χ4v) is 1.81. The van der Waals surface area contributed by atoms with Crippen LogP contribution in [0.2, 0.25) is 0 Å². The highest BCUT2D eigenvalue weighted by molar-refractivity contribution is 9.10. The zero-order valence-corrected chi connectivity index (χ0v) is 10.2. The van der Waals surface area contributed by atoms with E-state index in [2.05, 4.69) is 51.6 Å². The number of rotatable bonds is 1. The Kier molecular flexibility index (Phi) is 4.66. The monoisotopic (exact) mass is 273 g/mol. The summed E-state index contributed by atoms with van der Waals surface area (Å²) in [5.41, 5.74) is 2.82. The van der Waals surface area contributed by atoms with Gasteiger partial charge in [0.1, 0.15) is 0 Å². The molecule has 14 heavy (non-hydrogen) atoms. The fourth-order valence-electron chi connectivity index (χ4n) is 1.55. The molecular formula is C11H13BrClN. The molecule has 1 aliphatic rings. The molecule has 1 aromatic rings. The lowest BCUT2D eigenvalue weighted by Gasteiger charge is -2.13. The van der Waals surface area contributed by atoms with E-state index in [1.54, 1.807) is 0 Å². The maximum Gasteiger partial charge on any atom is 0.0175 e. The summed E-state index contributed by atoms with van der Waals surface area (Å²) in [6, 6.07) is 8.53. The fraction of sp³-hybridized carbons (Fsp3) is 0.273. The third-order valence-electron chi connectivity index (χ3n) is 2.28. The van der Waals surface area contributed by atoms with E-state index in [0.717, 1.165) is 24.0 Å². The lowest BCUT2D eigenvalue weighted by molar-refractivity contribution is 0.738. The summed E-state index contributed by atoms with van der Waals surface area (Å²) in [5, 5.41) is 3.31. The summed E-state index contributed by atoms with van der Waals surface area (Å²) in [6.07, 6.45) is 3.41. The maximum absolute atomic E-state index is 3.44. The quantitative estimate of drug-likeness (QED) is 0.829. The topological polar surface area (TPSA) is 12.0 Å². The van der Waals surface area contributed by atoms with Gasteiger partial charge in [0, 0.05) is 11.0 Å². The van der Waals surface area contributed by atoms with E-state index in [1.165, 1.54) is 11.1 Å². The molecule has 1 aliphatic heterocycles. The van der Waals surface area contributed by atoms with Crippen molar-refractivity contribution in [1.29, 1.82) is 0 Å². The normalized spacial score (nSPS) is 15.6. The molecule has 0 aromatic heterocycles. The molecule has 3 heteroatoms. The van der Waals surface area contributed by atoms with E-state index in [-0.39, 0.29) is 12.4 Å². The molecule has 1 N–H and O–H groups in total. The summed E-state index contributed by atoms with van der Waals surface area (Å²) >= 11 is 3.44. The van der Waals surface area contributed by atoms with Crippen molar-refractivity contribution in [1.82, 2.24) is 5.32 Å². The molecule has 0 radical (unpaired) electrons. The minimum absolute atomic E-state index is 0. The minimum atomic E-state index is 0. The Labute approximate surface area is 99.1 Å². The van der Waals surface area contributed by atoms with Crippen LogP contribution in [0.25, 0.3) is 5.57 Å². The Morgan fingerprint density at radius 1 is 1.14 bits per heavy atom. The first kappa shape index (κ1) is 11.8. The highest BCUT2D eigenvalue weighted by Crippen LogP contribution is 2.21. The Balaban J connectivity index is 0.000000980. The van der Waals surface area contributed by atoms with Crippen molar-refractivity contribution in [2.75, 3.05) is 13.1 Å². The van der Waals surface area contributed by atoms with Gasteiger partial charge in [0.2, 0.25) is 0 Å². The maximum atomic E-state index is 3.44. The van der Waals surface area contributed by atoms with E-state index < -0.39 is 0 Å². The van der Waals surface area contributed by atoms with Crippen molar-refractivity contribution in [3.63, 3.8) is 0 Å². The zero-order chi connectivity index (χ0) is 9.10. The van der Waals surface area contributed by atoms with E-state index in [4.69, 9.17) is 0 Å². The molecule has 0 atom stereocenters. The zero-order valence-electron chi connectivity index (χ0n) is 7.79. The number of benzene rings is 1. The Morgan fingerprint density at radius 3 is 2.43 bits per heavy atom. The summed E-state index contributed by atoms with van der Waals surface area (Å²) in [4.78, 5) is 0. The second kappa shape index (κ2) is 5.54. The van der Waals surface area contributed by atoms with Crippen molar-refractivity contribution < 1.29 is 0 Å². The summed E-state index contributed by atoms with van der Waals surface area (Å²) < 4.78 is 1.14. The lowest BCUT2D eigenvalue weighted by Crippen LogP contribution is -2.19. The molecule has 0 spiro atoms. The van der Waals surface area contributed by atoms with E-state index in [9.17, 15) is 0 Å². The molecule has 1 heterocycles. The molecule has 0 saturated heterocycles. The van der Waals surface area contributed by atoms with Crippen LogP contribution in [-0.2, 0) is 0 Å². The van der Waals surface area contributed by atoms with Gasteiger partial charge in [-0.3, -0.25) is 0 Å². The Bertz CT molecular complexity index is 319. The number of hydrogen-bond donors (Lipinski definition) is 1. The lowest BCUT2D eigenvalue weighted by atomic mass is 10.0. The van der Waals surface area contributed by atoms with Crippen LogP contribution in [0.1, 0.15) is 12.0 Å². The predicted octanol–water partition coefficient (Wildman–Crippen LogP) is 3.25. The number of hydrogen-bond acceptors (Lipinski definition) is 1. The van der Waals surface area contributed by atoms with Crippen LogP contribution in [0.3, 0.4) is 0 Å². The molecule has 1 aromatic carbocycles. The van der Waals surface area contributed by atoms with Crippen LogP contribution in [0.4, 0.5) is 0 Å². The molecule has 1 nitrogen and oxygen atoms in total. The van der Waals surface area contributed by atoms with Crippen molar-refractivity contribution in [2.45, 2.75) is 6.42 Å². The van der Waals surface area contributed by atoms with Gasteiger partial charge in [-0.2, -0.15) is 0 Å². The minimum Gasteiger partial charge on any atom is -0.313 e. The van der Waals surface area contributed by atoms with Gasteiger partial charge in [0.25, 0.3) is 0 Å². The second-order valence-electron chi connectivity index (χ2n) is 3.19. The van der Waals surface area contributed by atoms with Crippen LogP contribution in [-0.4, -0.2) is 13.1 Å². The molecule has 76 valence electrons. The van der Waals surface area contributed by atoms with Gasteiger partial charge in [-0.15, -0.1) is 12.4 Å². The van der Waals surface area contributed by atoms with Crippen LogP contribution >= 0.6 is 28.3 Å². The highest BCUT2D eigenvalue weighted by atomic mass is 79.9. The SMILES string of the molecule is Brc1ccc(C2=CCNCC2)cc1.Cl. The molecule has 0 amide bonds. The first-order valence-corrected chi connectivity index (χ1v) is 5.31. The van der Waals surface area contributed by atoms with Crippen LogP contribution in [0.15, 0.2) is 34.8 Å². The summed E-state index contributed by atoms with van der Waals surface area (Å²) in [6.45, 7) is 2.10. The molecule has 0 aliphatic carbocycles. The van der Waals surface area contributed by atoms with E-state index in [1.807, 2.05) is 0 Å². The van der Waals surface area contributed by atoms with Gasteiger partial charge >= 0.3 is 0 Å². The van der Waals surface area contributed by atoms with Gasteiger partial charge in [-0.25, -0.2) is 0 Å². The molecule has 0 saturated carbocycles. The molecular weight excluding hydrogens is 261 g/mol. The average Bonchev–Trinajstić information content (AvgIpc) is 2.20. The van der Waals surface area contributed by atoms with Gasteiger partial charge in [-0.05, 0) is 36.2 Å². The summed E-state index contributed by atoms with van der Waals surface area (Å²) in [7, 11) is 0. The summed E-state index contributed by atoms with van der Waals surface area (Å²) in [5.74, 6) is 0. The molecule has 0 fully saturated rings. The number of halogens is 2. The van der Waals surface area contributed by atoms with Crippen LogP contribution in [0, 0.1) is 0 Å². The predicted molar refractivity (Wildman–Crippen MR) is 66.9 cm³/mol. The van der Waals surface area contributed by atoms with Gasteiger partial charge < -0.3 is 5.32 Å². The Morgan fingerprint density at radius 2 is 1.86 bits per heavy atom. The van der Waals surface area contributed by atoms with Gasteiger partial charge in [-0.1, -0.05) is 34.1 Å². The molecule has 0 unspecified atom stereocenters. The Hall–Kier alpha value is -0.310. The smallest absolute Gasteiger partial charge is 0.0175 e. The molecule has 2 rings (SSSR count). The third kappa shape index (κ3) is 2.84. The van der Waals surface area contributed by atoms with Crippen molar-refractivity contribution in [3.8, 4) is 0 Å². The van der Waals surface area contributed by atoms with Crippen LogP contribution in [0.5, 0.6) is 0 Å². The van der Waals surface area contributed by atoms with Crippen molar-refractivity contribution in [3.05, 3.63) is 40.4 Å². The first-order valence-electron chi connectivity index (χ1n) is 4.52. The highest BCUT2D eigenvalue weighted by Gasteiger charge is 2.04. The second-order valence-corrected chi connectivity index (χ2v) is 4.11. The average molecular weight is 275 g/mol. The standard InChI is InChI=1S/C11H12BrN.ClH/c12-11-3-1-9(2-4-11)10-5-7-13-8-6-10;/h1-5,13H,6-8H2;1H. The third-order valence-corrected chi connectivity index (χ3v) is 2.81. The largest absolute Gasteiger partial charge is 0.313 e. The first-order chi connectivity index (χ1) is 6.36. The van der Waals surface area contributed by atoms with Crippen molar-refractivity contribution >= 4 is 33.9 Å². The van der Waals surface area contributed by atoms with E-state index in [0.29, 0.717) is 0 Å². The number of nitrogens with one attached hydrogen (secondary N) is 1. The van der Waals surface area contributed by atoms with Crippen molar-refractivity contribution in [2.24, 2.45) is 0 Å². The van der Waals surface area contributed by atoms with E-state index >= 15 is 0 Å². The molecule has 0 bridgehead atoms. The van der Waals surface area contributed by atoms with Gasteiger partial charge in [0.05, 0.1) is 0 Å². The van der Waals surface area contributed by atoms with Crippen LogP contribution < -0.4 is 5.32 Å².